The van der Waals surface area contributed by atoms with Crippen LogP contribution in [0.25, 0.3) is 11.1 Å². The summed E-state index contributed by atoms with van der Waals surface area (Å²) >= 11 is 0. The molecule has 0 aliphatic carbocycles. The number of carboxylic acids is 2. The third kappa shape index (κ3) is 2.58. The maximum Gasteiger partial charge on any atom is 0.340 e. The Hall–Kier alpha value is -3.02. The van der Waals surface area contributed by atoms with Crippen molar-refractivity contribution in [3.63, 3.8) is 0 Å². The van der Waals surface area contributed by atoms with Crippen LogP contribution in [-0.2, 0) is 0 Å². The second-order valence-electron chi connectivity index (χ2n) is 4.38. The van der Waals surface area contributed by atoms with Gasteiger partial charge < -0.3 is 19.7 Å². The van der Waals surface area contributed by atoms with Gasteiger partial charge in [0.05, 0.1) is 19.8 Å². The molecule has 2 aromatic carbocycles. The van der Waals surface area contributed by atoms with Gasteiger partial charge in [-0.1, -0.05) is 18.2 Å². The maximum atomic E-state index is 11.6. The van der Waals surface area contributed by atoms with Crippen molar-refractivity contribution in [2.75, 3.05) is 14.2 Å². The van der Waals surface area contributed by atoms with Crippen LogP contribution < -0.4 is 9.47 Å². The minimum atomic E-state index is -1.23. The number of methoxy groups -OCH3 is 2. The van der Waals surface area contributed by atoms with Gasteiger partial charge in [0, 0.05) is 5.56 Å². The first-order chi connectivity index (χ1) is 10.5. The largest absolute Gasteiger partial charge is 0.493 e. The zero-order valence-corrected chi connectivity index (χ0v) is 12.0. The summed E-state index contributed by atoms with van der Waals surface area (Å²) in [6.45, 7) is 0. The Morgan fingerprint density at radius 2 is 1.55 bits per heavy atom. The second-order valence-corrected chi connectivity index (χ2v) is 4.38. The Kier molecular flexibility index (Phi) is 4.31. The number of ether oxygens (including phenoxy) is 2. The van der Waals surface area contributed by atoms with E-state index in [1.165, 1.54) is 26.4 Å². The zero-order valence-electron chi connectivity index (χ0n) is 12.0. The van der Waals surface area contributed by atoms with Gasteiger partial charge in [0.2, 0.25) is 0 Å². The van der Waals surface area contributed by atoms with Crippen molar-refractivity contribution in [1.82, 2.24) is 0 Å². The molecule has 0 aromatic heterocycles. The molecule has 0 saturated heterocycles. The predicted octanol–water partition coefficient (Wildman–Crippen LogP) is 2.77. The van der Waals surface area contributed by atoms with E-state index >= 15 is 0 Å². The van der Waals surface area contributed by atoms with Crippen molar-refractivity contribution < 1.29 is 29.3 Å². The number of aromatic carboxylic acids is 2. The lowest BCUT2D eigenvalue weighted by atomic mass is 9.94. The van der Waals surface area contributed by atoms with E-state index in [0.29, 0.717) is 5.56 Å². The summed E-state index contributed by atoms with van der Waals surface area (Å²) in [6.07, 6.45) is 0. The number of hydrogen-bond acceptors (Lipinski definition) is 4. The Bertz CT molecular complexity index is 735. The summed E-state index contributed by atoms with van der Waals surface area (Å²) in [5.74, 6) is -2.06. The summed E-state index contributed by atoms with van der Waals surface area (Å²) in [6, 6.07) is 9.24. The number of carbonyl (C=O) groups is 2. The minimum absolute atomic E-state index is 0.0113. The fraction of sp³-hybridized carbons (Fsp3) is 0.125. The molecule has 0 bridgehead atoms. The Labute approximate surface area is 126 Å². The Morgan fingerprint density at radius 1 is 0.864 bits per heavy atom. The fourth-order valence-corrected chi connectivity index (χ4v) is 2.27. The molecule has 2 N–H and O–H groups in total. The molecule has 22 heavy (non-hydrogen) atoms. The molecular formula is C16H14O6. The summed E-state index contributed by atoms with van der Waals surface area (Å²) < 4.78 is 10.2. The van der Waals surface area contributed by atoms with Crippen molar-refractivity contribution >= 4 is 11.9 Å². The van der Waals surface area contributed by atoms with E-state index in [4.69, 9.17) is 9.47 Å². The topological polar surface area (TPSA) is 93.1 Å². The van der Waals surface area contributed by atoms with Crippen molar-refractivity contribution in [1.29, 1.82) is 0 Å². The van der Waals surface area contributed by atoms with Crippen LogP contribution in [0.15, 0.2) is 36.4 Å². The van der Waals surface area contributed by atoms with Crippen molar-refractivity contribution in [3.8, 4) is 22.6 Å². The summed E-state index contributed by atoms with van der Waals surface area (Å²) in [5, 5.41) is 18.8. The van der Waals surface area contributed by atoms with Crippen LogP contribution in [0.4, 0.5) is 0 Å². The van der Waals surface area contributed by atoms with Gasteiger partial charge in [-0.15, -0.1) is 0 Å². The van der Waals surface area contributed by atoms with E-state index in [0.717, 1.165) is 0 Å². The molecule has 0 amide bonds. The minimum Gasteiger partial charge on any atom is -0.493 e. The molecule has 0 heterocycles. The number of benzene rings is 2. The normalized spacial score (nSPS) is 10.1. The van der Waals surface area contributed by atoms with Gasteiger partial charge >= 0.3 is 11.9 Å². The van der Waals surface area contributed by atoms with Crippen LogP contribution >= 0.6 is 0 Å². The van der Waals surface area contributed by atoms with Crippen LogP contribution in [0.3, 0.4) is 0 Å². The third-order valence-electron chi connectivity index (χ3n) is 3.21. The van der Waals surface area contributed by atoms with Crippen molar-refractivity contribution in [2.45, 2.75) is 0 Å². The highest BCUT2D eigenvalue weighted by atomic mass is 16.5. The standard InChI is InChI=1S/C16H14O6/c1-21-12-8-7-10(13(16(19)20)14(12)22-2)9-5-3-4-6-11(9)15(17)18/h3-8H,1-2H3,(H,17,18)(H,19,20). The van der Waals surface area contributed by atoms with E-state index in [2.05, 4.69) is 0 Å². The highest BCUT2D eigenvalue weighted by Gasteiger charge is 2.24. The Morgan fingerprint density at radius 3 is 2.09 bits per heavy atom. The lowest BCUT2D eigenvalue weighted by Crippen LogP contribution is -2.07. The summed E-state index contributed by atoms with van der Waals surface area (Å²) in [4.78, 5) is 23.0. The molecule has 2 rings (SSSR count). The average Bonchev–Trinajstić information content (AvgIpc) is 2.52. The molecule has 6 nitrogen and oxygen atoms in total. The second kappa shape index (κ2) is 6.17. The van der Waals surface area contributed by atoms with E-state index < -0.39 is 11.9 Å². The summed E-state index contributed by atoms with van der Waals surface area (Å²) in [7, 11) is 2.73. The molecule has 2 aromatic rings. The van der Waals surface area contributed by atoms with Gasteiger partial charge in [-0.05, 0) is 23.8 Å². The van der Waals surface area contributed by atoms with Crippen molar-refractivity contribution in [3.05, 3.63) is 47.5 Å². The van der Waals surface area contributed by atoms with Gasteiger partial charge in [-0.25, -0.2) is 9.59 Å². The van der Waals surface area contributed by atoms with Crippen LogP contribution in [0, 0.1) is 0 Å². The van der Waals surface area contributed by atoms with Crippen LogP contribution in [0.2, 0.25) is 0 Å². The molecule has 0 unspecified atom stereocenters. The van der Waals surface area contributed by atoms with E-state index in [-0.39, 0.29) is 28.2 Å². The molecule has 0 saturated carbocycles. The first-order valence-corrected chi connectivity index (χ1v) is 6.32. The highest BCUT2D eigenvalue weighted by molar-refractivity contribution is 6.04. The number of carboxylic acid groups (broad SMARTS) is 2. The highest BCUT2D eigenvalue weighted by Crippen LogP contribution is 2.39. The number of hydrogen-bond donors (Lipinski definition) is 2. The molecule has 114 valence electrons. The lowest BCUT2D eigenvalue weighted by molar-refractivity contribution is 0.0682. The fourth-order valence-electron chi connectivity index (χ4n) is 2.27. The van der Waals surface area contributed by atoms with E-state index in [1.807, 2.05) is 0 Å². The first kappa shape index (κ1) is 15.4. The van der Waals surface area contributed by atoms with Gasteiger partial charge in [0.15, 0.2) is 11.5 Å². The molecule has 0 fully saturated rings. The monoisotopic (exact) mass is 302 g/mol. The van der Waals surface area contributed by atoms with E-state index in [9.17, 15) is 19.8 Å². The maximum absolute atomic E-state index is 11.6. The number of rotatable bonds is 5. The van der Waals surface area contributed by atoms with E-state index in [1.54, 1.807) is 24.3 Å². The molecule has 0 radical (unpaired) electrons. The Balaban J connectivity index is 2.82. The van der Waals surface area contributed by atoms with Gasteiger partial charge in [0.25, 0.3) is 0 Å². The lowest BCUT2D eigenvalue weighted by Gasteiger charge is -2.15. The molecule has 0 atom stereocenters. The molecular weight excluding hydrogens is 288 g/mol. The summed E-state index contributed by atoms with van der Waals surface area (Å²) in [5.41, 5.74) is 0.421. The van der Waals surface area contributed by atoms with Crippen LogP contribution in [0.1, 0.15) is 20.7 Å². The third-order valence-corrected chi connectivity index (χ3v) is 3.21. The average molecular weight is 302 g/mol. The molecule has 0 aliphatic heterocycles. The molecule has 0 aliphatic rings. The van der Waals surface area contributed by atoms with Gasteiger partial charge in [0.1, 0.15) is 5.56 Å². The van der Waals surface area contributed by atoms with Crippen molar-refractivity contribution in [2.24, 2.45) is 0 Å². The van der Waals surface area contributed by atoms with Gasteiger partial charge in [-0.3, -0.25) is 0 Å². The van der Waals surface area contributed by atoms with Gasteiger partial charge in [-0.2, -0.15) is 0 Å². The zero-order chi connectivity index (χ0) is 16.3. The van der Waals surface area contributed by atoms with Crippen LogP contribution in [0.5, 0.6) is 11.5 Å². The predicted molar refractivity (Wildman–Crippen MR) is 78.9 cm³/mol. The SMILES string of the molecule is COc1ccc(-c2ccccc2C(=O)O)c(C(=O)O)c1OC. The quantitative estimate of drug-likeness (QED) is 0.882. The molecule has 0 spiro atoms. The molecule has 6 heteroatoms. The smallest absolute Gasteiger partial charge is 0.340 e. The first-order valence-electron chi connectivity index (χ1n) is 6.32. The van der Waals surface area contributed by atoms with Crippen LogP contribution in [-0.4, -0.2) is 36.4 Å².